The molecule has 8 heteroatoms. The lowest BCUT2D eigenvalue weighted by Gasteiger charge is -2.37. The minimum absolute atomic E-state index is 0.0375. The summed E-state index contributed by atoms with van der Waals surface area (Å²) >= 11 is 5.95. The number of amides is 4. The lowest BCUT2D eigenvalue weighted by Crippen LogP contribution is -2.53. The average molecular weight is 483 g/mol. The highest BCUT2D eigenvalue weighted by Gasteiger charge is 2.36. The van der Waals surface area contributed by atoms with Gasteiger partial charge in [-0.15, -0.1) is 0 Å². The summed E-state index contributed by atoms with van der Waals surface area (Å²) in [6, 6.07) is 14.5. The minimum atomic E-state index is -0.478. The topological polar surface area (TPSA) is 73.0 Å². The van der Waals surface area contributed by atoms with Gasteiger partial charge in [0.25, 0.3) is 0 Å². The van der Waals surface area contributed by atoms with E-state index >= 15 is 0 Å². The summed E-state index contributed by atoms with van der Waals surface area (Å²) in [6.07, 6.45) is 3.08. The van der Waals surface area contributed by atoms with Gasteiger partial charge in [-0.2, -0.15) is 0 Å². The number of fused-ring (bicyclic) bond motifs is 1. The Morgan fingerprint density at radius 2 is 1.82 bits per heavy atom. The van der Waals surface area contributed by atoms with Crippen LogP contribution in [-0.2, 0) is 22.6 Å². The molecule has 0 aliphatic carbocycles. The molecule has 0 radical (unpaired) electrons. The third-order valence-corrected chi connectivity index (χ3v) is 6.95. The van der Waals surface area contributed by atoms with Crippen molar-refractivity contribution in [2.24, 2.45) is 0 Å². The second-order valence-corrected chi connectivity index (χ2v) is 9.50. The third kappa shape index (κ3) is 5.20. The number of likely N-dealkylation sites (N-methyl/N-ethyl adjacent to an activating group) is 1. The molecule has 0 aromatic heterocycles. The highest BCUT2D eigenvalue weighted by atomic mass is 35.5. The fraction of sp³-hybridized carbons (Fsp3) is 0.423. The number of urea groups is 1. The number of nitrogens with zero attached hydrogens (tertiary/aromatic N) is 3. The van der Waals surface area contributed by atoms with Crippen molar-refractivity contribution in [2.75, 3.05) is 25.0 Å². The molecule has 2 atom stereocenters. The molecule has 4 rings (SSSR count). The first-order valence-corrected chi connectivity index (χ1v) is 12.1. The summed E-state index contributed by atoms with van der Waals surface area (Å²) in [5.74, 6) is -0.107. The van der Waals surface area contributed by atoms with E-state index < -0.39 is 6.04 Å². The lowest BCUT2D eigenvalue weighted by molar-refractivity contribution is -0.134. The van der Waals surface area contributed by atoms with Crippen molar-refractivity contribution >= 4 is 35.1 Å². The number of anilines is 1. The summed E-state index contributed by atoms with van der Waals surface area (Å²) in [5, 5.41) is 3.65. The van der Waals surface area contributed by atoms with Gasteiger partial charge in [-0.3, -0.25) is 9.59 Å². The highest BCUT2D eigenvalue weighted by molar-refractivity contribution is 6.30. The molecule has 0 spiro atoms. The Morgan fingerprint density at radius 1 is 1.09 bits per heavy atom. The fourth-order valence-electron chi connectivity index (χ4n) is 4.99. The van der Waals surface area contributed by atoms with Crippen LogP contribution in [-0.4, -0.2) is 59.9 Å². The molecule has 34 heavy (non-hydrogen) atoms. The van der Waals surface area contributed by atoms with Crippen molar-refractivity contribution in [3.63, 3.8) is 0 Å². The normalized spacial score (nSPS) is 19.5. The van der Waals surface area contributed by atoms with Crippen molar-refractivity contribution in [3.8, 4) is 0 Å². The van der Waals surface area contributed by atoms with E-state index in [-0.39, 0.29) is 23.9 Å². The Kier molecular flexibility index (Phi) is 7.41. The minimum Gasteiger partial charge on any atom is -0.340 e. The van der Waals surface area contributed by atoms with E-state index in [4.69, 9.17) is 11.6 Å². The molecule has 7 nitrogen and oxygen atoms in total. The first kappa shape index (κ1) is 24.1. The van der Waals surface area contributed by atoms with Crippen LogP contribution < -0.4 is 10.2 Å². The van der Waals surface area contributed by atoms with Gasteiger partial charge in [0.1, 0.15) is 6.04 Å². The summed E-state index contributed by atoms with van der Waals surface area (Å²) < 4.78 is 0. The van der Waals surface area contributed by atoms with Gasteiger partial charge < -0.3 is 20.0 Å². The summed E-state index contributed by atoms with van der Waals surface area (Å²) in [4.78, 5) is 43.7. The van der Waals surface area contributed by atoms with Gasteiger partial charge >= 0.3 is 6.03 Å². The van der Waals surface area contributed by atoms with Crippen molar-refractivity contribution in [1.29, 1.82) is 0 Å². The molecule has 0 bridgehead atoms. The maximum absolute atomic E-state index is 13.1. The quantitative estimate of drug-likeness (QED) is 0.703. The molecule has 1 fully saturated rings. The molecule has 2 aliphatic heterocycles. The molecule has 2 unspecified atom stereocenters. The van der Waals surface area contributed by atoms with Gasteiger partial charge in [-0.1, -0.05) is 41.9 Å². The van der Waals surface area contributed by atoms with E-state index in [1.54, 1.807) is 40.8 Å². The molecular weight excluding hydrogens is 452 g/mol. The van der Waals surface area contributed by atoms with Gasteiger partial charge in [0.05, 0.1) is 6.04 Å². The fourth-order valence-corrected chi connectivity index (χ4v) is 5.12. The van der Waals surface area contributed by atoms with E-state index in [0.717, 1.165) is 36.1 Å². The predicted octanol–water partition coefficient (Wildman–Crippen LogP) is 3.84. The second kappa shape index (κ2) is 10.5. The Labute approximate surface area is 205 Å². The monoisotopic (exact) mass is 482 g/mol. The van der Waals surface area contributed by atoms with Crippen molar-refractivity contribution < 1.29 is 14.4 Å². The maximum Gasteiger partial charge on any atom is 0.318 e. The smallest absolute Gasteiger partial charge is 0.318 e. The molecule has 180 valence electrons. The van der Waals surface area contributed by atoms with Crippen LogP contribution >= 0.6 is 11.6 Å². The highest BCUT2D eigenvalue weighted by Crippen LogP contribution is 2.30. The number of halogens is 1. The molecule has 4 amide bonds. The SMILES string of the molecule is CC(=O)N1c2ccccc2CCC1CNC(=O)N1CCCC1C(=O)N(C)Cc1ccc(Cl)cc1. The van der Waals surface area contributed by atoms with Gasteiger partial charge in [-0.05, 0) is 55.0 Å². The van der Waals surface area contributed by atoms with Crippen molar-refractivity contribution in [2.45, 2.75) is 51.2 Å². The number of carbonyl (C=O) groups excluding carboxylic acids is 3. The number of benzene rings is 2. The molecule has 2 aromatic rings. The van der Waals surface area contributed by atoms with Crippen LogP contribution in [0.3, 0.4) is 0 Å². The van der Waals surface area contributed by atoms with Gasteiger partial charge in [0.2, 0.25) is 11.8 Å². The van der Waals surface area contributed by atoms with Crippen LogP contribution in [0.15, 0.2) is 48.5 Å². The molecule has 2 heterocycles. The maximum atomic E-state index is 13.1. The van der Waals surface area contributed by atoms with Gasteiger partial charge in [-0.25, -0.2) is 4.79 Å². The lowest BCUT2D eigenvalue weighted by atomic mass is 9.95. The predicted molar refractivity (Wildman–Crippen MR) is 133 cm³/mol. The zero-order valence-electron chi connectivity index (χ0n) is 19.7. The first-order valence-electron chi connectivity index (χ1n) is 11.8. The summed E-state index contributed by atoms with van der Waals surface area (Å²) in [5.41, 5.74) is 3.05. The molecule has 1 N–H and O–H groups in total. The van der Waals surface area contributed by atoms with E-state index in [2.05, 4.69) is 5.32 Å². The zero-order chi connectivity index (χ0) is 24.2. The number of likely N-dealkylation sites (tertiary alicyclic amines) is 1. The van der Waals surface area contributed by atoms with Crippen molar-refractivity contribution in [1.82, 2.24) is 15.1 Å². The Morgan fingerprint density at radius 3 is 2.56 bits per heavy atom. The molecule has 1 saturated heterocycles. The van der Waals surface area contributed by atoms with Crippen LogP contribution in [0.5, 0.6) is 0 Å². The Bertz CT molecular complexity index is 1060. The van der Waals surface area contributed by atoms with Gasteiger partial charge in [0, 0.05) is 44.3 Å². The van der Waals surface area contributed by atoms with Gasteiger partial charge in [0.15, 0.2) is 0 Å². The summed E-state index contributed by atoms with van der Waals surface area (Å²) in [6.45, 7) is 2.91. The Balaban J connectivity index is 1.37. The van der Waals surface area contributed by atoms with Crippen LogP contribution in [0, 0.1) is 0 Å². The van der Waals surface area contributed by atoms with Crippen LogP contribution in [0.2, 0.25) is 5.02 Å². The average Bonchev–Trinajstić information content (AvgIpc) is 3.33. The van der Waals surface area contributed by atoms with Crippen LogP contribution in [0.1, 0.15) is 37.3 Å². The molecular formula is C26H31ClN4O3. The first-order chi connectivity index (χ1) is 16.3. The van der Waals surface area contributed by atoms with E-state index in [9.17, 15) is 14.4 Å². The number of rotatable bonds is 5. The van der Waals surface area contributed by atoms with Crippen LogP contribution in [0.4, 0.5) is 10.5 Å². The molecule has 2 aromatic carbocycles. The van der Waals surface area contributed by atoms with Crippen molar-refractivity contribution in [3.05, 3.63) is 64.7 Å². The standard InChI is InChI=1S/C26H31ClN4O3/c1-18(32)31-22(14-11-20-6-3-4-7-23(20)31)16-28-26(34)30-15-5-8-24(30)25(33)29(2)17-19-9-12-21(27)13-10-19/h3-4,6-7,9-10,12-13,22,24H,5,8,11,14-17H2,1-2H3,(H,28,34). The number of hydrogen-bond acceptors (Lipinski definition) is 3. The number of carbonyl (C=O) groups is 3. The number of para-hydroxylation sites is 1. The van der Waals surface area contributed by atoms with Crippen LogP contribution in [0.25, 0.3) is 0 Å². The van der Waals surface area contributed by atoms with E-state index in [1.807, 2.05) is 36.4 Å². The summed E-state index contributed by atoms with van der Waals surface area (Å²) in [7, 11) is 1.76. The second-order valence-electron chi connectivity index (χ2n) is 9.07. The molecule has 2 aliphatic rings. The number of nitrogens with one attached hydrogen (secondary N) is 1. The largest absolute Gasteiger partial charge is 0.340 e. The van der Waals surface area contributed by atoms with E-state index in [0.29, 0.717) is 31.1 Å². The Hall–Kier alpha value is -3.06. The number of aryl methyl sites for hydroxylation is 1. The third-order valence-electron chi connectivity index (χ3n) is 6.70. The van der Waals surface area contributed by atoms with E-state index in [1.165, 1.54) is 0 Å². The molecule has 0 saturated carbocycles. The number of hydrogen-bond donors (Lipinski definition) is 1. The zero-order valence-corrected chi connectivity index (χ0v) is 20.4.